The van der Waals surface area contributed by atoms with Crippen molar-refractivity contribution in [2.24, 2.45) is 0 Å². The van der Waals surface area contributed by atoms with Gasteiger partial charge >= 0.3 is 5.97 Å². The molecule has 35 heavy (non-hydrogen) atoms. The van der Waals surface area contributed by atoms with Gasteiger partial charge in [-0.3, -0.25) is 0 Å². The molecule has 3 aromatic rings. The minimum absolute atomic E-state index is 0.213. The number of ether oxygens (including phenoxy) is 5. The SMILES string of the molecule is CCOC(=O)[C@H]([C@H]1O[C@@H]2OC(C)(C)O[C@@H]2[C@H]1OCc1ccccc1)n1cc(-c2ccccc2)nn1. The Morgan fingerprint density at radius 1 is 1.09 bits per heavy atom. The lowest BCUT2D eigenvalue weighted by Crippen LogP contribution is -2.44. The molecule has 1 aromatic heterocycles. The van der Waals surface area contributed by atoms with E-state index in [4.69, 9.17) is 23.7 Å². The number of nitrogens with zero attached hydrogens (tertiary/aromatic N) is 3. The molecule has 2 aliphatic heterocycles. The predicted octanol–water partition coefficient (Wildman–Crippen LogP) is 3.51. The van der Waals surface area contributed by atoms with E-state index >= 15 is 0 Å². The lowest BCUT2D eigenvalue weighted by Gasteiger charge is -2.29. The number of carbonyl (C=O) groups is 1. The van der Waals surface area contributed by atoms with Crippen LogP contribution in [0.1, 0.15) is 32.4 Å². The molecule has 3 heterocycles. The number of fused-ring (bicyclic) bond motifs is 1. The van der Waals surface area contributed by atoms with Crippen LogP contribution in [0.15, 0.2) is 66.9 Å². The van der Waals surface area contributed by atoms with E-state index in [0.29, 0.717) is 12.3 Å². The Labute approximate surface area is 203 Å². The Morgan fingerprint density at radius 3 is 2.51 bits per heavy atom. The first-order valence-corrected chi connectivity index (χ1v) is 11.8. The predicted molar refractivity (Wildman–Crippen MR) is 125 cm³/mol. The van der Waals surface area contributed by atoms with Gasteiger partial charge in [-0.05, 0) is 26.3 Å². The fourth-order valence-corrected chi connectivity index (χ4v) is 4.49. The molecule has 0 unspecified atom stereocenters. The van der Waals surface area contributed by atoms with Gasteiger partial charge in [0.25, 0.3) is 0 Å². The van der Waals surface area contributed by atoms with Crippen molar-refractivity contribution < 1.29 is 28.5 Å². The molecule has 9 heteroatoms. The Kier molecular flexibility index (Phi) is 6.66. The Morgan fingerprint density at radius 2 is 1.80 bits per heavy atom. The Bertz CT molecular complexity index is 1140. The third kappa shape index (κ3) is 4.99. The fourth-order valence-electron chi connectivity index (χ4n) is 4.49. The molecule has 184 valence electrons. The minimum Gasteiger partial charge on any atom is -0.464 e. The van der Waals surface area contributed by atoms with Crippen molar-refractivity contribution in [3.63, 3.8) is 0 Å². The van der Waals surface area contributed by atoms with E-state index in [1.807, 2.05) is 74.5 Å². The molecule has 0 spiro atoms. The number of hydrogen-bond acceptors (Lipinski definition) is 8. The summed E-state index contributed by atoms with van der Waals surface area (Å²) in [5.74, 6) is -1.32. The minimum atomic E-state index is -0.943. The summed E-state index contributed by atoms with van der Waals surface area (Å²) in [5.41, 5.74) is 2.51. The third-order valence-electron chi connectivity index (χ3n) is 6.02. The lowest BCUT2D eigenvalue weighted by atomic mass is 10.0. The molecule has 0 bridgehead atoms. The molecule has 2 fully saturated rings. The highest BCUT2D eigenvalue weighted by Gasteiger charge is 2.59. The zero-order valence-corrected chi connectivity index (χ0v) is 19.9. The van der Waals surface area contributed by atoms with Crippen molar-refractivity contribution >= 4 is 5.97 Å². The Hall–Kier alpha value is -3.11. The fraction of sp³-hybridized carbons (Fsp3) is 0.423. The van der Waals surface area contributed by atoms with Crippen LogP contribution in [0.4, 0.5) is 0 Å². The first kappa shape index (κ1) is 23.6. The molecule has 2 saturated heterocycles. The largest absolute Gasteiger partial charge is 0.464 e. The highest BCUT2D eigenvalue weighted by molar-refractivity contribution is 5.75. The van der Waals surface area contributed by atoms with E-state index < -0.39 is 42.4 Å². The molecule has 0 N–H and O–H groups in total. The van der Waals surface area contributed by atoms with Crippen molar-refractivity contribution in [2.75, 3.05) is 6.61 Å². The number of aromatic nitrogens is 3. The van der Waals surface area contributed by atoms with Crippen LogP contribution >= 0.6 is 0 Å². The van der Waals surface area contributed by atoms with Gasteiger partial charge in [-0.25, -0.2) is 9.48 Å². The van der Waals surface area contributed by atoms with Crippen molar-refractivity contribution in [1.82, 2.24) is 15.0 Å². The van der Waals surface area contributed by atoms with E-state index in [-0.39, 0.29) is 6.61 Å². The van der Waals surface area contributed by atoms with Gasteiger partial charge in [-0.2, -0.15) is 0 Å². The van der Waals surface area contributed by atoms with Crippen LogP contribution in [0.2, 0.25) is 0 Å². The van der Waals surface area contributed by atoms with Gasteiger partial charge < -0.3 is 23.7 Å². The summed E-state index contributed by atoms with van der Waals surface area (Å²) in [7, 11) is 0. The number of hydrogen-bond donors (Lipinski definition) is 0. The molecule has 0 aliphatic carbocycles. The van der Waals surface area contributed by atoms with Crippen molar-refractivity contribution in [2.45, 2.75) is 63.8 Å². The van der Waals surface area contributed by atoms with Crippen LogP contribution in [0.5, 0.6) is 0 Å². The van der Waals surface area contributed by atoms with Crippen LogP contribution in [-0.2, 0) is 35.1 Å². The molecule has 2 aliphatic rings. The first-order chi connectivity index (χ1) is 16.9. The summed E-state index contributed by atoms with van der Waals surface area (Å²) in [6.45, 7) is 5.94. The summed E-state index contributed by atoms with van der Waals surface area (Å²) in [6, 6.07) is 18.5. The van der Waals surface area contributed by atoms with Gasteiger partial charge in [-0.15, -0.1) is 5.10 Å². The summed E-state index contributed by atoms with van der Waals surface area (Å²) < 4.78 is 31.6. The second kappa shape index (κ2) is 9.87. The molecule has 0 saturated carbocycles. The van der Waals surface area contributed by atoms with E-state index in [9.17, 15) is 4.79 Å². The molecule has 2 aromatic carbocycles. The smallest absolute Gasteiger partial charge is 0.333 e. The quantitative estimate of drug-likeness (QED) is 0.453. The van der Waals surface area contributed by atoms with Gasteiger partial charge in [0.15, 0.2) is 18.1 Å². The maximum absolute atomic E-state index is 13.2. The lowest BCUT2D eigenvalue weighted by molar-refractivity contribution is -0.226. The van der Waals surface area contributed by atoms with Gasteiger partial charge in [0.2, 0.25) is 0 Å². The first-order valence-electron chi connectivity index (χ1n) is 11.8. The normalized spacial score (nSPS) is 25.8. The summed E-state index contributed by atoms with van der Waals surface area (Å²) in [5, 5.41) is 8.55. The number of carbonyl (C=O) groups excluding carboxylic acids is 1. The van der Waals surface area contributed by atoms with Crippen LogP contribution in [0, 0.1) is 0 Å². The van der Waals surface area contributed by atoms with Gasteiger partial charge in [0.1, 0.15) is 24.0 Å². The van der Waals surface area contributed by atoms with Crippen molar-refractivity contribution in [3.05, 3.63) is 72.4 Å². The zero-order chi connectivity index (χ0) is 24.4. The molecule has 5 atom stereocenters. The van der Waals surface area contributed by atoms with Crippen LogP contribution < -0.4 is 0 Å². The highest BCUT2D eigenvalue weighted by atomic mass is 16.8. The molecule has 5 rings (SSSR count). The molecular weight excluding hydrogens is 450 g/mol. The van der Waals surface area contributed by atoms with Gasteiger partial charge in [0, 0.05) is 5.56 Å². The van der Waals surface area contributed by atoms with Crippen molar-refractivity contribution in [3.8, 4) is 11.3 Å². The Balaban J connectivity index is 1.46. The zero-order valence-electron chi connectivity index (χ0n) is 19.9. The average Bonchev–Trinajstić information content (AvgIpc) is 3.53. The third-order valence-corrected chi connectivity index (χ3v) is 6.02. The average molecular weight is 480 g/mol. The van der Waals surface area contributed by atoms with Crippen LogP contribution in [0.25, 0.3) is 11.3 Å². The molecule has 9 nitrogen and oxygen atoms in total. The number of benzene rings is 2. The number of rotatable bonds is 8. The molecule has 0 radical (unpaired) electrons. The second-order valence-electron chi connectivity index (χ2n) is 8.98. The topological polar surface area (TPSA) is 93.9 Å². The van der Waals surface area contributed by atoms with Gasteiger partial charge in [-0.1, -0.05) is 65.9 Å². The van der Waals surface area contributed by atoms with Crippen LogP contribution in [0.3, 0.4) is 0 Å². The monoisotopic (exact) mass is 479 g/mol. The molecular formula is C26H29N3O6. The highest BCUT2D eigenvalue weighted by Crippen LogP contribution is 2.42. The summed E-state index contributed by atoms with van der Waals surface area (Å²) in [6.07, 6.45) is -0.874. The van der Waals surface area contributed by atoms with E-state index in [1.165, 1.54) is 4.68 Å². The molecule has 0 amide bonds. The standard InChI is InChI=1S/C26H29N3O6/c1-4-31-24(30)20(29-15-19(27-28-29)18-13-9-6-10-14-18)21-22(32-16-17-11-7-5-8-12-17)23-25(33-21)35-26(2,3)34-23/h5-15,20-23,25H,4,16H2,1-3H3/t20-,21+,22-,23+,25+/m0/s1. The summed E-state index contributed by atoms with van der Waals surface area (Å²) >= 11 is 0. The van der Waals surface area contributed by atoms with Gasteiger partial charge in [0.05, 0.1) is 19.4 Å². The van der Waals surface area contributed by atoms with Crippen LogP contribution in [-0.4, -0.2) is 58.0 Å². The van der Waals surface area contributed by atoms with E-state index in [2.05, 4.69) is 10.3 Å². The van der Waals surface area contributed by atoms with E-state index in [0.717, 1.165) is 11.1 Å². The maximum Gasteiger partial charge on any atom is 0.333 e. The van der Waals surface area contributed by atoms with Crippen molar-refractivity contribution in [1.29, 1.82) is 0 Å². The maximum atomic E-state index is 13.2. The van der Waals surface area contributed by atoms with E-state index in [1.54, 1.807) is 13.1 Å². The second-order valence-corrected chi connectivity index (χ2v) is 8.98. The summed E-state index contributed by atoms with van der Waals surface area (Å²) in [4.78, 5) is 13.2. The number of esters is 1.